The zero-order chi connectivity index (χ0) is 24.7. The Bertz CT molecular complexity index is 1120. The van der Waals surface area contributed by atoms with E-state index in [1.54, 1.807) is 23.1 Å². The number of hydrogen-bond donors (Lipinski definition) is 1. The first-order chi connectivity index (χ1) is 15.9. The van der Waals surface area contributed by atoms with Crippen LogP contribution in [0.25, 0.3) is 0 Å². The number of amidine groups is 1. The first-order valence-electron chi connectivity index (χ1n) is 10.9. The number of nitrogens with one attached hydrogen (secondary N) is 1. The first-order valence-corrected chi connectivity index (χ1v) is 10.9. The second kappa shape index (κ2) is 8.73. The molecule has 1 fully saturated rings. The van der Waals surface area contributed by atoms with Gasteiger partial charge in [0.25, 0.3) is 0 Å². The molecular weight excluding hydrogens is 449 g/mol. The molecular formula is C24H27F3N4O3. The molecule has 4 rings (SSSR count). The number of carbonyl (C=O) groups excluding carboxylic acids is 1. The van der Waals surface area contributed by atoms with Crippen LogP contribution in [0.2, 0.25) is 0 Å². The molecule has 0 bridgehead atoms. The van der Waals surface area contributed by atoms with Gasteiger partial charge in [-0.2, -0.15) is 13.2 Å². The van der Waals surface area contributed by atoms with E-state index in [1.165, 1.54) is 13.2 Å². The van der Waals surface area contributed by atoms with E-state index in [4.69, 9.17) is 9.47 Å². The molecule has 2 aliphatic heterocycles. The Morgan fingerprint density at radius 2 is 1.71 bits per heavy atom. The second-order valence-electron chi connectivity index (χ2n) is 9.23. The minimum atomic E-state index is -4.50. The molecule has 1 saturated heterocycles. The summed E-state index contributed by atoms with van der Waals surface area (Å²) in [5.74, 6) is 1.74. The summed E-state index contributed by atoms with van der Waals surface area (Å²) >= 11 is 0. The van der Waals surface area contributed by atoms with E-state index in [-0.39, 0.29) is 23.0 Å². The van der Waals surface area contributed by atoms with Crippen molar-refractivity contribution >= 4 is 17.6 Å². The van der Waals surface area contributed by atoms with Crippen molar-refractivity contribution in [3.05, 3.63) is 47.5 Å². The number of alkyl halides is 3. The number of hydrogen-bond acceptors (Lipinski definition) is 5. The standard InChI is InChI=1S/C24H27F3N4O3/c1-23(2,3)29-22(32)31-11-9-30(10-12-31)21-17-14-16(33-4)6-8-19(17)34-20-7-5-15(24(25,26)27)13-18(20)28-21/h5-8,13-14H,9-12H2,1-4H3,(H,29,32). The van der Waals surface area contributed by atoms with Gasteiger partial charge in [-0.3, -0.25) is 0 Å². The van der Waals surface area contributed by atoms with Gasteiger partial charge in [-0.05, 0) is 57.2 Å². The van der Waals surface area contributed by atoms with E-state index in [9.17, 15) is 18.0 Å². The van der Waals surface area contributed by atoms with E-state index in [0.717, 1.165) is 12.1 Å². The number of benzene rings is 2. The lowest BCUT2D eigenvalue weighted by molar-refractivity contribution is -0.137. The molecule has 2 amide bonds. The Balaban J connectivity index is 1.69. The van der Waals surface area contributed by atoms with Gasteiger partial charge in [-0.25, -0.2) is 9.79 Å². The number of urea groups is 1. The maximum Gasteiger partial charge on any atom is 0.416 e. The highest BCUT2D eigenvalue weighted by molar-refractivity contribution is 6.04. The summed E-state index contributed by atoms with van der Waals surface area (Å²) in [6.07, 6.45) is -4.50. The van der Waals surface area contributed by atoms with Crippen molar-refractivity contribution in [3.63, 3.8) is 0 Å². The highest BCUT2D eigenvalue weighted by Crippen LogP contribution is 2.42. The SMILES string of the molecule is COc1ccc2c(c1)C(N1CCN(C(=O)NC(C)(C)C)CC1)=Nc1cc(C(F)(F)F)ccc1O2. The Hall–Kier alpha value is -3.43. The highest BCUT2D eigenvalue weighted by Gasteiger charge is 2.33. The molecule has 2 aromatic rings. The Morgan fingerprint density at radius 1 is 1.03 bits per heavy atom. The molecule has 0 aromatic heterocycles. The van der Waals surface area contributed by atoms with Gasteiger partial charge in [0, 0.05) is 31.7 Å². The van der Waals surface area contributed by atoms with Crippen molar-refractivity contribution in [1.29, 1.82) is 0 Å². The van der Waals surface area contributed by atoms with E-state index in [0.29, 0.717) is 49.1 Å². The number of halogens is 3. The largest absolute Gasteiger partial charge is 0.497 e. The minimum Gasteiger partial charge on any atom is -0.497 e. The maximum absolute atomic E-state index is 13.3. The van der Waals surface area contributed by atoms with Crippen molar-refractivity contribution in [3.8, 4) is 17.2 Å². The quantitative estimate of drug-likeness (QED) is 0.628. The molecule has 0 spiro atoms. The van der Waals surface area contributed by atoms with Gasteiger partial charge in [0.05, 0.1) is 18.2 Å². The average Bonchev–Trinajstić information content (AvgIpc) is 2.93. The Morgan fingerprint density at radius 3 is 2.32 bits per heavy atom. The maximum atomic E-state index is 13.3. The molecule has 2 aliphatic rings. The van der Waals surface area contributed by atoms with Crippen LogP contribution in [0.15, 0.2) is 41.4 Å². The third-order valence-electron chi connectivity index (χ3n) is 5.51. The molecule has 2 aromatic carbocycles. The van der Waals surface area contributed by atoms with E-state index in [1.807, 2.05) is 25.7 Å². The van der Waals surface area contributed by atoms with Crippen LogP contribution in [0.5, 0.6) is 17.2 Å². The van der Waals surface area contributed by atoms with E-state index >= 15 is 0 Å². The predicted molar refractivity (Wildman–Crippen MR) is 122 cm³/mol. The molecule has 0 saturated carbocycles. The smallest absolute Gasteiger partial charge is 0.416 e. The van der Waals surface area contributed by atoms with Crippen LogP contribution in [0.3, 0.4) is 0 Å². The highest BCUT2D eigenvalue weighted by atomic mass is 19.4. The fourth-order valence-electron chi connectivity index (χ4n) is 3.82. The molecule has 10 heteroatoms. The van der Waals surface area contributed by atoms with Gasteiger partial charge >= 0.3 is 12.2 Å². The van der Waals surface area contributed by atoms with Gasteiger partial charge in [0.1, 0.15) is 23.0 Å². The number of ether oxygens (including phenoxy) is 2. The van der Waals surface area contributed by atoms with Crippen LogP contribution >= 0.6 is 0 Å². The van der Waals surface area contributed by atoms with Crippen LogP contribution in [-0.2, 0) is 6.18 Å². The van der Waals surface area contributed by atoms with E-state index < -0.39 is 11.7 Å². The number of methoxy groups -OCH3 is 1. The lowest BCUT2D eigenvalue weighted by Crippen LogP contribution is -2.56. The summed E-state index contributed by atoms with van der Waals surface area (Å²) < 4.78 is 51.4. The summed E-state index contributed by atoms with van der Waals surface area (Å²) in [7, 11) is 1.53. The summed E-state index contributed by atoms with van der Waals surface area (Å²) in [4.78, 5) is 20.9. The van der Waals surface area contributed by atoms with Gasteiger partial charge in [0.15, 0.2) is 5.75 Å². The van der Waals surface area contributed by atoms with Crippen LogP contribution in [-0.4, -0.2) is 60.5 Å². The average molecular weight is 476 g/mol. The molecule has 7 nitrogen and oxygen atoms in total. The number of nitrogens with zero attached hydrogens (tertiary/aromatic N) is 3. The number of piperazine rings is 1. The Kier molecular flexibility index (Phi) is 6.09. The molecule has 0 aliphatic carbocycles. The number of carbonyl (C=O) groups is 1. The van der Waals surface area contributed by atoms with Crippen LogP contribution in [0, 0.1) is 0 Å². The Labute approximate surface area is 196 Å². The van der Waals surface area contributed by atoms with Crippen LogP contribution in [0.4, 0.5) is 23.7 Å². The molecule has 0 unspecified atom stereocenters. The van der Waals surface area contributed by atoms with Crippen molar-refractivity contribution in [2.45, 2.75) is 32.5 Å². The molecule has 1 N–H and O–H groups in total. The minimum absolute atomic E-state index is 0.0906. The summed E-state index contributed by atoms with van der Waals surface area (Å²) in [5.41, 5.74) is -0.457. The van der Waals surface area contributed by atoms with Crippen LogP contribution in [0.1, 0.15) is 31.9 Å². The summed E-state index contributed by atoms with van der Waals surface area (Å²) in [6, 6.07) is 8.29. The molecule has 34 heavy (non-hydrogen) atoms. The third-order valence-corrected chi connectivity index (χ3v) is 5.51. The number of amides is 2. The topological polar surface area (TPSA) is 66.4 Å². The van der Waals surface area contributed by atoms with Crippen molar-refractivity contribution in [2.24, 2.45) is 4.99 Å². The summed E-state index contributed by atoms with van der Waals surface area (Å²) in [6.45, 7) is 7.55. The van der Waals surface area contributed by atoms with Crippen molar-refractivity contribution in [1.82, 2.24) is 15.1 Å². The first kappa shape index (κ1) is 23.7. The van der Waals surface area contributed by atoms with Crippen molar-refractivity contribution < 1.29 is 27.4 Å². The van der Waals surface area contributed by atoms with Gasteiger partial charge in [0.2, 0.25) is 0 Å². The molecule has 0 radical (unpaired) electrons. The lowest BCUT2D eigenvalue weighted by Gasteiger charge is -2.37. The fourth-order valence-corrected chi connectivity index (χ4v) is 3.82. The fraction of sp³-hybridized carbons (Fsp3) is 0.417. The summed E-state index contributed by atoms with van der Waals surface area (Å²) in [5, 5.41) is 2.95. The number of rotatable bonds is 1. The monoisotopic (exact) mass is 476 g/mol. The number of fused-ring (bicyclic) bond motifs is 2. The van der Waals surface area contributed by atoms with Gasteiger partial charge in [-0.15, -0.1) is 0 Å². The van der Waals surface area contributed by atoms with Gasteiger partial charge in [-0.1, -0.05) is 0 Å². The zero-order valence-corrected chi connectivity index (χ0v) is 19.5. The van der Waals surface area contributed by atoms with Crippen LogP contribution < -0.4 is 14.8 Å². The predicted octanol–water partition coefficient (Wildman–Crippen LogP) is 5.02. The molecule has 2 heterocycles. The number of aliphatic imine (C=N–C) groups is 1. The zero-order valence-electron chi connectivity index (χ0n) is 19.5. The second-order valence-corrected chi connectivity index (χ2v) is 9.23. The van der Waals surface area contributed by atoms with Crippen molar-refractivity contribution in [2.75, 3.05) is 33.3 Å². The lowest BCUT2D eigenvalue weighted by atomic mass is 10.1. The molecule has 0 atom stereocenters. The third kappa shape index (κ3) is 5.05. The van der Waals surface area contributed by atoms with E-state index in [2.05, 4.69) is 10.3 Å². The molecule has 182 valence electrons. The normalized spacial score (nSPS) is 16.0. The van der Waals surface area contributed by atoms with Gasteiger partial charge < -0.3 is 24.6 Å².